The molecule has 0 radical (unpaired) electrons. The first kappa shape index (κ1) is 21.3. The van der Waals surface area contributed by atoms with E-state index in [2.05, 4.69) is 37.8 Å². The topological polar surface area (TPSA) is 91.3 Å². The summed E-state index contributed by atoms with van der Waals surface area (Å²) in [6, 6.07) is 16.1. The highest BCUT2D eigenvalue weighted by molar-refractivity contribution is 6.30. The van der Waals surface area contributed by atoms with Crippen molar-refractivity contribution in [3.63, 3.8) is 0 Å². The number of aryl methyl sites for hydroxylation is 3. The summed E-state index contributed by atoms with van der Waals surface area (Å²) < 4.78 is 0. The van der Waals surface area contributed by atoms with Crippen LogP contribution in [0.5, 0.6) is 0 Å². The molecule has 0 aliphatic rings. The van der Waals surface area contributed by atoms with Crippen LogP contribution in [0.1, 0.15) is 23.9 Å². The molecule has 1 heterocycles. The first-order chi connectivity index (χ1) is 14.4. The molecule has 154 valence electrons. The number of anilines is 2. The van der Waals surface area contributed by atoms with E-state index in [4.69, 9.17) is 11.6 Å². The van der Waals surface area contributed by atoms with Crippen molar-refractivity contribution in [2.45, 2.75) is 27.2 Å². The van der Waals surface area contributed by atoms with E-state index in [0.29, 0.717) is 10.7 Å². The molecule has 3 aromatic rings. The fourth-order valence-electron chi connectivity index (χ4n) is 2.74. The molecule has 3 N–H and O–H groups in total. The Hall–Kier alpha value is -3.45. The molecular formula is C22H23ClN6O. The van der Waals surface area contributed by atoms with Crippen molar-refractivity contribution < 1.29 is 4.79 Å². The Bertz CT molecular complexity index is 1050. The van der Waals surface area contributed by atoms with E-state index < -0.39 is 6.03 Å². The predicted molar refractivity (Wildman–Crippen MR) is 122 cm³/mol. The fourth-order valence-corrected chi connectivity index (χ4v) is 2.93. The Balaban J connectivity index is 1.83. The molecule has 0 atom stereocenters. The van der Waals surface area contributed by atoms with Gasteiger partial charge in [0.15, 0.2) is 0 Å². The minimum Gasteiger partial charge on any atom is -0.326 e. The Morgan fingerprint density at radius 2 is 1.67 bits per heavy atom. The highest BCUT2D eigenvalue weighted by Gasteiger charge is 2.09. The molecule has 0 saturated carbocycles. The molecule has 0 unspecified atom stereocenters. The van der Waals surface area contributed by atoms with Gasteiger partial charge in [0, 0.05) is 27.8 Å². The first-order valence-electron chi connectivity index (χ1n) is 9.52. The third-order valence-corrected chi connectivity index (χ3v) is 4.36. The summed E-state index contributed by atoms with van der Waals surface area (Å²) in [5, 5.41) is 9.09. The van der Waals surface area contributed by atoms with Gasteiger partial charge in [-0.2, -0.15) is 4.99 Å². The molecule has 0 aliphatic heterocycles. The quantitative estimate of drug-likeness (QED) is 0.396. The molecule has 2 amide bonds. The number of guanidine groups is 1. The van der Waals surface area contributed by atoms with Crippen molar-refractivity contribution in [2.75, 3.05) is 10.6 Å². The number of nitrogens with one attached hydrogen (secondary N) is 3. The zero-order chi connectivity index (χ0) is 21.5. The monoisotopic (exact) mass is 422 g/mol. The summed E-state index contributed by atoms with van der Waals surface area (Å²) in [6.07, 6.45) is 0.942. The number of rotatable bonds is 4. The second kappa shape index (κ2) is 9.84. The van der Waals surface area contributed by atoms with Crippen molar-refractivity contribution in [3.05, 3.63) is 76.6 Å². The van der Waals surface area contributed by atoms with Crippen LogP contribution in [0.15, 0.2) is 59.6 Å². The smallest absolute Gasteiger partial charge is 0.326 e. The molecule has 0 aliphatic carbocycles. The molecule has 8 heteroatoms. The van der Waals surface area contributed by atoms with Gasteiger partial charge >= 0.3 is 6.03 Å². The number of hydrogen-bond acceptors (Lipinski definition) is 4. The van der Waals surface area contributed by atoms with Gasteiger partial charge in [0.1, 0.15) is 0 Å². The van der Waals surface area contributed by atoms with E-state index in [-0.39, 0.29) is 11.9 Å². The van der Waals surface area contributed by atoms with Crippen molar-refractivity contribution in [1.82, 2.24) is 15.3 Å². The van der Waals surface area contributed by atoms with Crippen molar-refractivity contribution in [3.8, 4) is 0 Å². The van der Waals surface area contributed by atoms with Gasteiger partial charge in [-0.25, -0.2) is 14.8 Å². The van der Waals surface area contributed by atoms with Gasteiger partial charge in [0.25, 0.3) is 5.95 Å². The average molecular weight is 423 g/mol. The largest absolute Gasteiger partial charge is 0.326 e. The highest BCUT2D eigenvalue weighted by atomic mass is 35.5. The van der Waals surface area contributed by atoms with Crippen LogP contribution < -0.4 is 16.0 Å². The zero-order valence-electron chi connectivity index (χ0n) is 17.0. The lowest BCUT2D eigenvalue weighted by Crippen LogP contribution is -2.38. The maximum absolute atomic E-state index is 12.5. The maximum Gasteiger partial charge on any atom is 0.326 e. The Labute approximate surface area is 180 Å². The van der Waals surface area contributed by atoms with Crippen LogP contribution in [-0.2, 0) is 6.42 Å². The Morgan fingerprint density at radius 1 is 0.967 bits per heavy atom. The second-order valence-corrected chi connectivity index (χ2v) is 7.11. The molecule has 0 saturated heterocycles. The molecule has 1 aromatic heterocycles. The van der Waals surface area contributed by atoms with Crippen molar-refractivity contribution >= 4 is 40.9 Å². The van der Waals surface area contributed by atoms with Crippen LogP contribution in [0.25, 0.3) is 0 Å². The minimum atomic E-state index is -0.474. The van der Waals surface area contributed by atoms with E-state index in [1.54, 1.807) is 24.3 Å². The third-order valence-electron chi connectivity index (χ3n) is 4.12. The number of carbonyl (C=O) groups excluding carboxylic acids is 1. The lowest BCUT2D eigenvalue weighted by atomic mass is 10.1. The van der Waals surface area contributed by atoms with Crippen molar-refractivity contribution in [2.24, 2.45) is 4.99 Å². The van der Waals surface area contributed by atoms with Crippen LogP contribution in [0.3, 0.4) is 0 Å². The molecule has 0 spiro atoms. The van der Waals surface area contributed by atoms with E-state index >= 15 is 0 Å². The molecule has 3 rings (SSSR count). The number of urea groups is 1. The van der Waals surface area contributed by atoms with Crippen LogP contribution in [0, 0.1) is 13.8 Å². The number of nitrogens with zero attached hydrogens (tertiary/aromatic N) is 3. The maximum atomic E-state index is 12.5. The standard InChI is InChI=1S/C22H23ClN6O/c1-4-16-8-10-18(11-9-16)26-21(28-20-24-14(2)12-15(3)25-20)29-22(30)27-19-7-5-6-17(23)13-19/h5-13H,4H2,1-3H3,(H3,24,25,26,27,28,29,30). The third kappa shape index (κ3) is 6.28. The van der Waals surface area contributed by atoms with Crippen LogP contribution >= 0.6 is 11.6 Å². The van der Waals surface area contributed by atoms with Gasteiger partial charge in [0.2, 0.25) is 5.96 Å². The van der Waals surface area contributed by atoms with E-state index in [1.165, 1.54) is 5.56 Å². The SMILES string of the molecule is CCc1ccc(N/C(=N\c2nc(C)cc(C)n2)NC(=O)Nc2cccc(Cl)c2)cc1. The number of carbonyl (C=O) groups is 1. The molecule has 0 bridgehead atoms. The van der Waals surface area contributed by atoms with Crippen LogP contribution in [0.4, 0.5) is 22.1 Å². The first-order valence-corrected chi connectivity index (χ1v) is 9.89. The van der Waals surface area contributed by atoms with Gasteiger partial charge in [-0.05, 0) is 62.2 Å². The van der Waals surface area contributed by atoms with Gasteiger partial charge in [-0.15, -0.1) is 0 Å². The van der Waals surface area contributed by atoms with Gasteiger partial charge in [-0.3, -0.25) is 5.32 Å². The lowest BCUT2D eigenvalue weighted by molar-refractivity contribution is 0.256. The Kier molecular flexibility index (Phi) is 6.98. The normalized spacial score (nSPS) is 11.1. The molecule has 30 heavy (non-hydrogen) atoms. The second-order valence-electron chi connectivity index (χ2n) is 6.68. The van der Waals surface area contributed by atoms with E-state index in [0.717, 1.165) is 23.5 Å². The number of aromatic nitrogens is 2. The number of benzene rings is 2. The van der Waals surface area contributed by atoms with Crippen LogP contribution in [0.2, 0.25) is 5.02 Å². The molecule has 2 aromatic carbocycles. The number of amides is 2. The van der Waals surface area contributed by atoms with Gasteiger partial charge in [0.05, 0.1) is 0 Å². The number of aliphatic imine (C=N–C) groups is 1. The van der Waals surface area contributed by atoms with E-state index in [9.17, 15) is 4.79 Å². The summed E-state index contributed by atoms with van der Waals surface area (Å²) in [5.41, 5.74) is 4.13. The van der Waals surface area contributed by atoms with E-state index in [1.807, 2.05) is 44.2 Å². The molecular weight excluding hydrogens is 400 g/mol. The minimum absolute atomic E-state index is 0.198. The Morgan fingerprint density at radius 3 is 2.30 bits per heavy atom. The predicted octanol–water partition coefficient (Wildman–Crippen LogP) is 5.23. The summed E-state index contributed by atoms with van der Waals surface area (Å²) in [5.74, 6) is 0.451. The fraction of sp³-hybridized carbons (Fsp3) is 0.182. The van der Waals surface area contributed by atoms with Gasteiger partial charge < -0.3 is 10.6 Å². The summed E-state index contributed by atoms with van der Waals surface area (Å²) in [4.78, 5) is 25.6. The number of halogens is 1. The number of hydrogen-bond donors (Lipinski definition) is 3. The van der Waals surface area contributed by atoms with Crippen LogP contribution in [-0.4, -0.2) is 22.0 Å². The molecule has 7 nitrogen and oxygen atoms in total. The average Bonchev–Trinajstić information content (AvgIpc) is 2.67. The lowest BCUT2D eigenvalue weighted by Gasteiger charge is -2.13. The highest BCUT2D eigenvalue weighted by Crippen LogP contribution is 2.15. The summed E-state index contributed by atoms with van der Waals surface area (Å²) >= 11 is 5.98. The summed E-state index contributed by atoms with van der Waals surface area (Å²) in [7, 11) is 0. The van der Waals surface area contributed by atoms with Gasteiger partial charge in [-0.1, -0.05) is 36.7 Å². The zero-order valence-corrected chi connectivity index (χ0v) is 17.8. The van der Waals surface area contributed by atoms with Crippen molar-refractivity contribution in [1.29, 1.82) is 0 Å². The molecule has 0 fully saturated rings. The summed E-state index contributed by atoms with van der Waals surface area (Å²) in [6.45, 7) is 5.82.